The number of hydrogen-bond acceptors (Lipinski definition) is 4. The Kier molecular flexibility index (Phi) is 10.9. The molecule has 0 heterocycles. The van der Waals surface area contributed by atoms with Crippen molar-refractivity contribution in [3.63, 3.8) is 0 Å². The molecular weight excluding hydrogens is 604 g/mol. The van der Waals surface area contributed by atoms with Gasteiger partial charge in [0.15, 0.2) is 0 Å². The van der Waals surface area contributed by atoms with E-state index in [9.17, 15) is 18.0 Å². The van der Waals surface area contributed by atoms with Crippen LogP contribution >= 0.6 is 46.4 Å². The minimum absolute atomic E-state index is 0.0192. The van der Waals surface area contributed by atoms with Crippen molar-refractivity contribution in [3.8, 4) is 0 Å². The van der Waals surface area contributed by atoms with Crippen molar-refractivity contribution < 1.29 is 18.0 Å². The number of rotatable bonds is 11. The third kappa shape index (κ3) is 8.25. The molecule has 1 N–H and O–H groups in total. The van der Waals surface area contributed by atoms with Crippen molar-refractivity contribution in [2.45, 2.75) is 25.9 Å². The van der Waals surface area contributed by atoms with Gasteiger partial charge in [-0.2, -0.15) is 0 Å². The monoisotopic (exact) mass is 629 g/mol. The molecule has 0 aliphatic rings. The molecule has 12 heteroatoms. The molecule has 39 heavy (non-hydrogen) atoms. The van der Waals surface area contributed by atoms with Crippen molar-refractivity contribution in [1.82, 2.24) is 10.2 Å². The third-order valence-corrected chi connectivity index (χ3v) is 8.38. The van der Waals surface area contributed by atoms with Crippen molar-refractivity contribution in [2.24, 2.45) is 0 Å². The van der Waals surface area contributed by atoms with E-state index in [2.05, 4.69) is 5.32 Å². The van der Waals surface area contributed by atoms with Crippen LogP contribution in [-0.2, 0) is 32.6 Å². The molecule has 0 unspecified atom stereocenters. The lowest BCUT2D eigenvalue weighted by atomic mass is 10.0. The van der Waals surface area contributed by atoms with Crippen LogP contribution in [0, 0.1) is 0 Å². The predicted octanol–water partition coefficient (Wildman–Crippen LogP) is 5.84. The van der Waals surface area contributed by atoms with Crippen LogP contribution in [0.15, 0.2) is 66.7 Å². The Hall–Kier alpha value is -2.49. The summed E-state index contributed by atoms with van der Waals surface area (Å²) in [5, 5.41) is 3.60. The second-order valence-electron chi connectivity index (χ2n) is 8.70. The second-order valence-corrected chi connectivity index (χ2v) is 12.2. The van der Waals surface area contributed by atoms with E-state index in [0.717, 1.165) is 16.1 Å². The van der Waals surface area contributed by atoms with E-state index in [1.807, 2.05) is 30.3 Å². The van der Waals surface area contributed by atoms with E-state index in [1.165, 1.54) is 29.2 Å². The fourth-order valence-electron chi connectivity index (χ4n) is 3.96. The lowest BCUT2D eigenvalue weighted by Gasteiger charge is -2.33. The lowest BCUT2D eigenvalue weighted by Crippen LogP contribution is -2.53. The number of nitrogens with one attached hydrogen (secondary N) is 1. The molecule has 3 aromatic rings. The first-order valence-corrected chi connectivity index (χ1v) is 15.2. The molecule has 0 aromatic heterocycles. The fraction of sp³-hybridized carbons (Fsp3) is 0.259. The van der Waals surface area contributed by atoms with Gasteiger partial charge in [-0.1, -0.05) is 88.9 Å². The summed E-state index contributed by atoms with van der Waals surface area (Å²) in [6.07, 6.45) is 1.14. The Bertz CT molecular complexity index is 1440. The molecule has 208 valence electrons. The minimum Gasteiger partial charge on any atom is -0.355 e. The van der Waals surface area contributed by atoms with Gasteiger partial charge in [0.2, 0.25) is 21.8 Å². The van der Waals surface area contributed by atoms with Crippen molar-refractivity contribution in [2.75, 3.05) is 23.7 Å². The summed E-state index contributed by atoms with van der Waals surface area (Å²) in [4.78, 5) is 28.7. The van der Waals surface area contributed by atoms with Gasteiger partial charge >= 0.3 is 0 Å². The Morgan fingerprint density at radius 3 is 2.23 bits per heavy atom. The van der Waals surface area contributed by atoms with E-state index in [4.69, 9.17) is 46.4 Å². The number of amides is 2. The molecule has 0 fully saturated rings. The van der Waals surface area contributed by atoms with Crippen LogP contribution in [0.1, 0.15) is 18.1 Å². The Labute approximate surface area is 248 Å². The van der Waals surface area contributed by atoms with E-state index < -0.39 is 34.4 Å². The highest BCUT2D eigenvalue weighted by atomic mass is 35.5. The van der Waals surface area contributed by atoms with Crippen LogP contribution in [0.25, 0.3) is 0 Å². The van der Waals surface area contributed by atoms with Gasteiger partial charge in [-0.15, -0.1) is 0 Å². The number of nitrogens with zero attached hydrogens (tertiary/aromatic N) is 2. The third-order valence-electron chi connectivity index (χ3n) is 5.86. The quantitative estimate of drug-likeness (QED) is 0.288. The van der Waals surface area contributed by atoms with Crippen molar-refractivity contribution in [3.05, 3.63) is 97.9 Å². The number of carbonyl (C=O) groups is 2. The molecule has 0 spiro atoms. The zero-order valence-electron chi connectivity index (χ0n) is 21.2. The molecule has 0 aliphatic heterocycles. The Balaban J connectivity index is 2.09. The summed E-state index contributed by atoms with van der Waals surface area (Å²) in [5.41, 5.74) is 1.39. The molecule has 0 radical (unpaired) electrons. The average molecular weight is 631 g/mol. The SMILES string of the molecule is CCNC(=O)[C@@H](Cc1ccccc1)N(Cc1ccc(Cl)cc1Cl)C(=O)CN(c1cccc(Cl)c1Cl)S(C)(=O)=O. The smallest absolute Gasteiger partial charge is 0.244 e. The van der Waals surface area contributed by atoms with Gasteiger partial charge in [0, 0.05) is 29.6 Å². The average Bonchev–Trinajstić information content (AvgIpc) is 2.87. The Morgan fingerprint density at radius 2 is 1.62 bits per heavy atom. The molecule has 3 rings (SSSR count). The van der Waals surface area contributed by atoms with Crippen LogP contribution in [0.2, 0.25) is 20.1 Å². The predicted molar refractivity (Wildman–Crippen MR) is 158 cm³/mol. The zero-order valence-corrected chi connectivity index (χ0v) is 25.0. The summed E-state index contributed by atoms with van der Waals surface area (Å²) in [6.45, 7) is 1.40. The number of likely N-dealkylation sites (N-methyl/N-ethyl adjacent to an activating group) is 1. The molecular formula is C27H27Cl4N3O4S. The standard InChI is InChI=1S/C27H27Cl4N3O4S/c1-3-32-27(36)24(14-18-8-5-4-6-9-18)33(16-19-12-13-20(28)15-22(19)30)25(35)17-34(39(2,37)38)23-11-7-10-21(29)26(23)31/h4-13,15,24H,3,14,16-17H2,1-2H3,(H,32,36)/t24-/m1/s1. The molecule has 0 saturated heterocycles. The molecule has 7 nitrogen and oxygen atoms in total. The number of carbonyl (C=O) groups excluding carboxylic acids is 2. The first-order valence-electron chi connectivity index (χ1n) is 11.9. The summed E-state index contributed by atoms with van der Waals surface area (Å²) in [5.74, 6) is -1.04. The number of hydrogen-bond donors (Lipinski definition) is 1. The first kappa shape index (κ1) is 31.0. The minimum atomic E-state index is -3.99. The highest BCUT2D eigenvalue weighted by Gasteiger charge is 2.33. The van der Waals surface area contributed by atoms with E-state index in [1.54, 1.807) is 19.1 Å². The highest BCUT2D eigenvalue weighted by Crippen LogP contribution is 2.34. The first-order chi connectivity index (χ1) is 18.4. The largest absolute Gasteiger partial charge is 0.355 e. The fourth-order valence-corrected chi connectivity index (χ4v) is 5.73. The molecule has 0 saturated carbocycles. The lowest BCUT2D eigenvalue weighted by molar-refractivity contribution is -0.140. The second kappa shape index (κ2) is 13.7. The molecule has 3 aromatic carbocycles. The van der Waals surface area contributed by atoms with Gasteiger partial charge in [0.25, 0.3) is 0 Å². The van der Waals surface area contributed by atoms with Crippen molar-refractivity contribution in [1.29, 1.82) is 0 Å². The number of halogens is 4. The van der Waals surface area contributed by atoms with Gasteiger partial charge in [-0.05, 0) is 42.3 Å². The maximum atomic E-state index is 14.0. The zero-order chi connectivity index (χ0) is 28.7. The van der Waals surface area contributed by atoms with Gasteiger partial charge in [-0.3, -0.25) is 13.9 Å². The van der Waals surface area contributed by atoms with Gasteiger partial charge in [0.1, 0.15) is 12.6 Å². The maximum Gasteiger partial charge on any atom is 0.244 e. The van der Waals surface area contributed by atoms with Crippen LogP contribution in [0.3, 0.4) is 0 Å². The van der Waals surface area contributed by atoms with E-state index >= 15 is 0 Å². The summed E-state index contributed by atoms with van der Waals surface area (Å²) in [7, 11) is -3.99. The number of anilines is 1. The van der Waals surface area contributed by atoms with Gasteiger partial charge < -0.3 is 10.2 Å². The number of sulfonamides is 1. The Morgan fingerprint density at radius 1 is 0.923 bits per heavy atom. The normalized spacial score (nSPS) is 12.1. The van der Waals surface area contributed by atoms with Gasteiger partial charge in [-0.25, -0.2) is 8.42 Å². The molecule has 0 bridgehead atoms. The van der Waals surface area contributed by atoms with Crippen molar-refractivity contribution >= 4 is 73.9 Å². The van der Waals surface area contributed by atoms with Gasteiger partial charge in [0.05, 0.1) is 22.0 Å². The summed E-state index contributed by atoms with van der Waals surface area (Å²) >= 11 is 25.0. The summed E-state index contributed by atoms with van der Waals surface area (Å²) < 4.78 is 26.6. The van der Waals surface area contributed by atoms with E-state index in [0.29, 0.717) is 22.2 Å². The van der Waals surface area contributed by atoms with Crippen LogP contribution in [0.5, 0.6) is 0 Å². The topological polar surface area (TPSA) is 86.8 Å². The number of benzene rings is 3. The molecule has 2 amide bonds. The molecule has 1 atom stereocenters. The maximum absolute atomic E-state index is 14.0. The molecule has 0 aliphatic carbocycles. The van der Waals surface area contributed by atoms with Crippen LogP contribution < -0.4 is 9.62 Å². The van der Waals surface area contributed by atoms with Crippen LogP contribution in [0.4, 0.5) is 5.69 Å². The summed E-state index contributed by atoms with van der Waals surface area (Å²) in [6, 6.07) is 17.5. The highest BCUT2D eigenvalue weighted by molar-refractivity contribution is 7.92. The van der Waals surface area contributed by atoms with E-state index in [-0.39, 0.29) is 28.7 Å². The van der Waals surface area contributed by atoms with Crippen LogP contribution in [-0.4, -0.2) is 50.5 Å².